The van der Waals surface area contributed by atoms with Crippen LogP contribution in [0.5, 0.6) is 5.75 Å². The molecule has 9 heteroatoms. The van der Waals surface area contributed by atoms with Gasteiger partial charge in [-0.2, -0.15) is 0 Å². The van der Waals surface area contributed by atoms with E-state index in [1.54, 1.807) is 58.0 Å². The smallest absolute Gasteiger partial charge is 0.412 e. The number of aryl methyl sites for hydroxylation is 1. The number of aromatic carboxylic acids is 1. The average molecular weight is 493 g/mol. The SMILES string of the molecule is CC.CC.COc1cccc(COC=O)c1N.Cc1cccc(C(=O)O)c1NC(=O)OC(C)(C)C. The third kappa shape index (κ3) is 12.9. The van der Waals surface area contributed by atoms with Crippen LogP contribution in [0.3, 0.4) is 0 Å². The first-order valence-electron chi connectivity index (χ1n) is 11.3. The number of carboxylic acids is 1. The molecule has 0 atom stereocenters. The van der Waals surface area contributed by atoms with E-state index < -0.39 is 17.7 Å². The van der Waals surface area contributed by atoms with Crippen molar-refractivity contribution < 1.29 is 33.7 Å². The minimum atomic E-state index is -1.09. The van der Waals surface area contributed by atoms with E-state index >= 15 is 0 Å². The molecule has 9 nitrogen and oxygen atoms in total. The normalized spacial score (nSPS) is 9.40. The van der Waals surface area contributed by atoms with Gasteiger partial charge < -0.3 is 25.1 Å². The van der Waals surface area contributed by atoms with E-state index in [0.29, 0.717) is 23.5 Å². The van der Waals surface area contributed by atoms with E-state index in [9.17, 15) is 14.4 Å². The molecule has 0 aromatic heterocycles. The molecule has 35 heavy (non-hydrogen) atoms. The summed E-state index contributed by atoms with van der Waals surface area (Å²) in [4.78, 5) is 32.6. The van der Waals surface area contributed by atoms with E-state index in [2.05, 4.69) is 10.1 Å². The molecule has 0 saturated carbocycles. The van der Waals surface area contributed by atoms with Gasteiger partial charge in [-0.15, -0.1) is 0 Å². The topological polar surface area (TPSA) is 137 Å². The van der Waals surface area contributed by atoms with Gasteiger partial charge in [0.15, 0.2) is 0 Å². The van der Waals surface area contributed by atoms with E-state index in [1.165, 1.54) is 13.2 Å². The highest BCUT2D eigenvalue weighted by molar-refractivity contribution is 5.99. The minimum absolute atomic E-state index is 0.0425. The third-order valence-corrected chi connectivity index (χ3v) is 3.81. The lowest BCUT2D eigenvalue weighted by atomic mass is 10.1. The zero-order valence-electron chi connectivity index (χ0n) is 22.2. The largest absolute Gasteiger partial charge is 0.495 e. The van der Waals surface area contributed by atoms with Crippen LogP contribution in [-0.2, 0) is 20.9 Å². The van der Waals surface area contributed by atoms with Crippen molar-refractivity contribution in [2.24, 2.45) is 0 Å². The van der Waals surface area contributed by atoms with Gasteiger partial charge in [-0.3, -0.25) is 10.1 Å². The van der Waals surface area contributed by atoms with Gasteiger partial charge in [0.1, 0.15) is 18.0 Å². The second-order valence-corrected chi connectivity index (χ2v) is 7.37. The van der Waals surface area contributed by atoms with Gasteiger partial charge in [-0.25, -0.2) is 9.59 Å². The Labute approximate surface area is 208 Å². The van der Waals surface area contributed by atoms with Gasteiger partial charge in [-0.1, -0.05) is 52.0 Å². The molecule has 0 aliphatic heterocycles. The molecule has 4 N–H and O–H groups in total. The number of carboxylic acid groups (broad SMARTS) is 1. The number of nitrogen functional groups attached to an aromatic ring is 1. The first-order chi connectivity index (χ1) is 16.5. The van der Waals surface area contributed by atoms with Crippen LogP contribution in [0.15, 0.2) is 36.4 Å². The molecule has 1 amide bonds. The molecule has 0 fully saturated rings. The first kappa shape index (κ1) is 33.4. The highest BCUT2D eigenvalue weighted by Crippen LogP contribution is 2.25. The highest BCUT2D eigenvalue weighted by atomic mass is 16.6. The molecule has 0 aliphatic carbocycles. The lowest BCUT2D eigenvalue weighted by Gasteiger charge is -2.20. The first-order valence-corrected chi connectivity index (χ1v) is 11.3. The van der Waals surface area contributed by atoms with Crippen molar-refractivity contribution in [3.63, 3.8) is 0 Å². The van der Waals surface area contributed by atoms with Gasteiger partial charge >= 0.3 is 12.1 Å². The predicted octanol–water partition coefficient (Wildman–Crippen LogP) is 6.04. The van der Waals surface area contributed by atoms with Crippen LogP contribution in [0, 0.1) is 6.92 Å². The summed E-state index contributed by atoms with van der Waals surface area (Å²) in [5.74, 6) is -0.503. The lowest BCUT2D eigenvalue weighted by Crippen LogP contribution is -2.28. The van der Waals surface area contributed by atoms with Crippen LogP contribution in [0.2, 0.25) is 0 Å². The fraction of sp³-hybridized carbons (Fsp3) is 0.423. The maximum Gasteiger partial charge on any atom is 0.412 e. The van der Waals surface area contributed by atoms with Crippen LogP contribution >= 0.6 is 0 Å². The van der Waals surface area contributed by atoms with Crippen molar-refractivity contribution in [1.29, 1.82) is 0 Å². The number of nitrogens with one attached hydrogen (secondary N) is 1. The van der Waals surface area contributed by atoms with Crippen LogP contribution in [0.1, 0.15) is 70.0 Å². The van der Waals surface area contributed by atoms with E-state index in [4.69, 9.17) is 20.3 Å². The van der Waals surface area contributed by atoms with Crippen LogP contribution < -0.4 is 15.8 Å². The summed E-state index contributed by atoms with van der Waals surface area (Å²) in [6.45, 7) is 15.5. The molecule has 0 heterocycles. The number of hydrogen-bond acceptors (Lipinski definition) is 7. The van der Waals surface area contributed by atoms with Crippen LogP contribution in [0.4, 0.5) is 16.2 Å². The number of amides is 1. The van der Waals surface area contributed by atoms with Crippen molar-refractivity contribution in [1.82, 2.24) is 0 Å². The second-order valence-electron chi connectivity index (χ2n) is 7.37. The summed E-state index contributed by atoms with van der Waals surface area (Å²) in [5, 5.41) is 11.5. The third-order valence-electron chi connectivity index (χ3n) is 3.81. The Balaban J connectivity index is 0. The fourth-order valence-corrected chi connectivity index (χ4v) is 2.43. The summed E-state index contributed by atoms with van der Waals surface area (Å²) in [5.41, 5.74) is 7.31. The molecule has 0 unspecified atom stereocenters. The Hall–Kier alpha value is -3.75. The fourth-order valence-electron chi connectivity index (χ4n) is 2.43. The molecular weight excluding hydrogens is 452 g/mol. The number of ether oxygens (including phenoxy) is 3. The maximum atomic E-state index is 11.6. The monoisotopic (exact) mass is 492 g/mol. The number of rotatable bonds is 6. The Morgan fingerprint density at radius 1 is 1.06 bits per heavy atom. The van der Waals surface area contributed by atoms with Crippen molar-refractivity contribution in [2.75, 3.05) is 18.2 Å². The molecule has 0 aliphatic rings. The lowest BCUT2D eigenvalue weighted by molar-refractivity contribution is -0.129. The van der Waals surface area contributed by atoms with Crippen LogP contribution in [-0.4, -0.2) is 36.4 Å². The number of nitrogens with two attached hydrogens (primary N) is 1. The zero-order chi connectivity index (χ0) is 27.6. The van der Waals surface area contributed by atoms with Gasteiger partial charge in [0.2, 0.25) is 0 Å². The zero-order valence-corrected chi connectivity index (χ0v) is 22.2. The second kappa shape index (κ2) is 17.7. The van der Waals surface area contributed by atoms with Crippen molar-refractivity contribution in [2.45, 2.75) is 67.6 Å². The van der Waals surface area contributed by atoms with E-state index in [0.717, 1.165) is 5.56 Å². The number of anilines is 2. The number of carbonyl (C=O) groups is 3. The van der Waals surface area contributed by atoms with Crippen molar-refractivity contribution in [3.05, 3.63) is 53.1 Å². The molecule has 0 spiro atoms. The Bertz CT molecular complexity index is 922. The molecule has 0 saturated heterocycles. The quantitative estimate of drug-likeness (QED) is 0.328. The standard InChI is InChI=1S/C13H17NO4.C9H11NO3.2C2H6/c1-8-6-5-7-9(11(15)16)10(8)14-12(17)18-13(2,3)4;1-12-8-4-2-3-7(9(8)10)5-13-6-11;2*1-2/h5-7H,1-4H3,(H,14,17)(H,15,16);2-4,6H,5,10H2,1H3;2*1-2H3. The predicted molar refractivity (Wildman–Crippen MR) is 139 cm³/mol. The Morgan fingerprint density at radius 2 is 1.63 bits per heavy atom. The summed E-state index contributed by atoms with van der Waals surface area (Å²) in [6.07, 6.45) is -0.667. The number of para-hydroxylation sites is 2. The van der Waals surface area contributed by atoms with Gasteiger partial charge in [0.05, 0.1) is 24.0 Å². The summed E-state index contributed by atoms with van der Waals surface area (Å²) in [7, 11) is 1.54. The van der Waals surface area contributed by atoms with Crippen molar-refractivity contribution in [3.8, 4) is 5.75 Å². The van der Waals surface area contributed by atoms with Gasteiger partial charge in [0, 0.05) is 5.56 Å². The molecule has 2 rings (SSSR count). The highest BCUT2D eigenvalue weighted by Gasteiger charge is 2.19. The summed E-state index contributed by atoms with van der Waals surface area (Å²) >= 11 is 0. The van der Waals surface area contributed by atoms with Gasteiger partial charge in [-0.05, 0) is 45.4 Å². The maximum absolute atomic E-state index is 11.6. The molecule has 0 bridgehead atoms. The van der Waals surface area contributed by atoms with Crippen LogP contribution in [0.25, 0.3) is 0 Å². The number of carbonyl (C=O) groups excluding carboxylic acids is 2. The summed E-state index contributed by atoms with van der Waals surface area (Å²) in [6, 6.07) is 10.1. The number of benzene rings is 2. The summed E-state index contributed by atoms with van der Waals surface area (Å²) < 4.78 is 14.7. The van der Waals surface area contributed by atoms with Crippen molar-refractivity contribution >= 4 is 29.9 Å². The molecule has 2 aromatic carbocycles. The minimum Gasteiger partial charge on any atom is -0.495 e. The molecule has 196 valence electrons. The van der Waals surface area contributed by atoms with E-state index in [-0.39, 0.29) is 17.9 Å². The van der Waals surface area contributed by atoms with E-state index in [1.807, 2.05) is 27.7 Å². The Kier molecular flexibility index (Phi) is 16.9. The Morgan fingerprint density at radius 3 is 2.11 bits per heavy atom. The molecule has 2 aromatic rings. The van der Waals surface area contributed by atoms with Gasteiger partial charge in [0.25, 0.3) is 6.47 Å². The number of hydrogen-bond donors (Lipinski definition) is 3. The molecular formula is C26H40N2O7. The molecule has 0 radical (unpaired) electrons. The number of methoxy groups -OCH3 is 1. The average Bonchev–Trinajstić information content (AvgIpc) is 2.81.